The average Bonchev–Trinajstić information content (AvgIpc) is 2.49. The number of amides is 1. The summed E-state index contributed by atoms with van der Waals surface area (Å²) >= 11 is 0. The zero-order chi connectivity index (χ0) is 10.8. The van der Waals surface area contributed by atoms with E-state index in [0.29, 0.717) is 19.4 Å². The second kappa shape index (κ2) is 3.96. The summed E-state index contributed by atoms with van der Waals surface area (Å²) in [5.74, 6) is -0.484. The average molecular weight is 200 g/mol. The van der Waals surface area contributed by atoms with Crippen molar-refractivity contribution in [2.24, 2.45) is 0 Å². The van der Waals surface area contributed by atoms with Crippen LogP contribution in [0.4, 0.5) is 0 Å². The van der Waals surface area contributed by atoms with Gasteiger partial charge in [-0.1, -0.05) is 0 Å². The highest BCUT2D eigenvalue weighted by molar-refractivity contribution is 5.91. The molecule has 1 aliphatic rings. The molecule has 0 spiro atoms. The molecule has 1 unspecified atom stereocenters. The van der Waals surface area contributed by atoms with Crippen molar-refractivity contribution >= 4 is 11.9 Å². The monoisotopic (exact) mass is 200 g/mol. The highest BCUT2D eigenvalue weighted by Gasteiger charge is 2.47. The van der Waals surface area contributed by atoms with Crippen LogP contribution in [0.5, 0.6) is 0 Å². The number of nitrogens with zero attached hydrogens (tertiary/aromatic N) is 1. The van der Waals surface area contributed by atoms with Crippen molar-refractivity contribution in [1.29, 1.82) is 0 Å². The van der Waals surface area contributed by atoms with Crippen molar-refractivity contribution < 1.29 is 14.3 Å². The fraction of sp³-hybridized carbons (Fsp3) is 0.778. The van der Waals surface area contributed by atoms with E-state index in [2.05, 4.69) is 5.32 Å². The summed E-state index contributed by atoms with van der Waals surface area (Å²) in [7, 11) is 3.50. The van der Waals surface area contributed by atoms with Crippen LogP contribution in [0.25, 0.3) is 0 Å². The van der Waals surface area contributed by atoms with Gasteiger partial charge in [-0.15, -0.1) is 0 Å². The molecular weight excluding hydrogens is 184 g/mol. The van der Waals surface area contributed by atoms with Gasteiger partial charge in [-0.25, -0.2) is 4.79 Å². The number of rotatable bonds is 3. The number of carbonyl (C=O) groups excluding carboxylic acids is 2. The van der Waals surface area contributed by atoms with Crippen LogP contribution in [-0.4, -0.2) is 43.1 Å². The molecule has 0 bridgehead atoms. The van der Waals surface area contributed by atoms with Crippen LogP contribution in [0.1, 0.15) is 19.8 Å². The molecule has 0 aromatic rings. The van der Waals surface area contributed by atoms with Crippen molar-refractivity contribution in [2.45, 2.75) is 25.4 Å². The van der Waals surface area contributed by atoms with Gasteiger partial charge in [-0.05, 0) is 21.0 Å². The Morgan fingerprint density at radius 2 is 2.29 bits per heavy atom. The van der Waals surface area contributed by atoms with E-state index in [1.54, 1.807) is 25.9 Å². The maximum Gasteiger partial charge on any atom is 0.347 e. The molecule has 1 heterocycles. The summed E-state index contributed by atoms with van der Waals surface area (Å²) in [5, 5.41) is 2.66. The predicted molar refractivity (Wildman–Crippen MR) is 50.4 cm³/mol. The van der Waals surface area contributed by atoms with Gasteiger partial charge in [-0.2, -0.15) is 0 Å². The molecule has 0 aromatic carbocycles. The molecule has 1 rings (SSSR count). The Hall–Kier alpha value is -1.10. The third kappa shape index (κ3) is 1.72. The predicted octanol–water partition coefficient (Wildman–Crippen LogP) is -0.283. The highest BCUT2D eigenvalue weighted by Crippen LogP contribution is 2.23. The van der Waals surface area contributed by atoms with Gasteiger partial charge < -0.3 is 10.1 Å². The number of carbonyl (C=O) groups is 2. The Morgan fingerprint density at radius 1 is 1.64 bits per heavy atom. The molecule has 1 fully saturated rings. The maximum absolute atomic E-state index is 11.7. The van der Waals surface area contributed by atoms with E-state index in [9.17, 15) is 9.59 Å². The molecule has 5 heteroatoms. The normalized spacial score (nSPS) is 26.4. The summed E-state index contributed by atoms with van der Waals surface area (Å²) in [6, 6.07) is 0. The lowest BCUT2D eigenvalue weighted by atomic mass is 10.1. The van der Waals surface area contributed by atoms with Gasteiger partial charge in [0.2, 0.25) is 5.91 Å². The smallest absolute Gasteiger partial charge is 0.347 e. The Bertz CT molecular complexity index is 252. The van der Waals surface area contributed by atoms with Crippen LogP contribution in [0.2, 0.25) is 0 Å². The summed E-state index contributed by atoms with van der Waals surface area (Å²) < 4.78 is 4.94. The Balaban J connectivity index is 2.83. The largest absolute Gasteiger partial charge is 0.463 e. The van der Waals surface area contributed by atoms with Crippen molar-refractivity contribution in [3.8, 4) is 0 Å². The molecule has 0 aromatic heterocycles. The van der Waals surface area contributed by atoms with Crippen molar-refractivity contribution in [3.63, 3.8) is 0 Å². The number of likely N-dealkylation sites (N-methyl/N-ethyl adjacent to an activating group) is 1. The molecule has 1 N–H and O–H groups in total. The molecule has 80 valence electrons. The first kappa shape index (κ1) is 11.0. The molecule has 0 radical (unpaired) electrons. The van der Waals surface area contributed by atoms with E-state index in [1.165, 1.54) is 0 Å². The van der Waals surface area contributed by atoms with Crippen LogP contribution in [0.3, 0.4) is 0 Å². The summed E-state index contributed by atoms with van der Waals surface area (Å²) in [4.78, 5) is 24.5. The lowest BCUT2D eigenvalue weighted by Crippen LogP contribution is -2.59. The molecule has 1 amide bonds. The molecule has 5 nitrogen and oxygen atoms in total. The lowest BCUT2D eigenvalue weighted by Gasteiger charge is -2.32. The topological polar surface area (TPSA) is 58.6 Å². The Morgan fingerprint density at radius 3 is 2.64 bits per heavy atom. The second-order valence-electron chi connectivity index (χ2n) is 3.52. The van der Waals surface area contributed by atoms with Crippen molar-refractivity contribution in [2.75, 3.05) is 20.7 Å². The fourth-order valence-corrected chi connectivity index (χ4v) is 1.57. The number of ether oxygens (including phenoxy) is 1. The van der Waals surface area contributed by atoms with Gasteiger partial charge in [0, 0.05) is 12.8 Å². The molecule has 1 saturated heterocycles. The van der Waals surface area contributed by atoms with Gasteiger partial charge in [0.05, 0.1) is 6.61 Å². The lowest BCUT2D eigenvalue weighted by molar-refractivity contribution is -0.158. The van der Waals surface area contributed by atoms with Gasteiger partial charge in [0.1, 0.15) is 0 Å². The van der Waals surface area contributed by atoms with Crippen LogP contribution in [0.15, 0.2) is 0 Å². The fourth-order valence-electron chi connectivity index (χ4n) is 1.57. The van der Waals surface area contributed by atoms with Crippen LogP contribution < -0.4 is 5.32 Å². The Kier molecular flexibility index (Phi) is 3.10. The quantitative estimate of drug-likeness (QED) is 0.636. The molecule has 0 saturated carbocycles. The Labute approximate surface area is 83.4 Å². The standard InChI is InChI=1S/C9H16N2O3/c1-4-14-8(13)9(11(2)3)6-5-7(12)10-9/h4-6H2,1-3H3,(H,10,12). The molecule has 14 heavy (non-hydrogen) atoms. The van der Waals surface area contributed by atoms with Crippen LogP contribution in [-0.2, 0) is 14.3 Å². The number of hydrogen-bond acceptors (Lipinski definition) is 4. The molecule has 1 aliphatic heterocycles. The van der Waals surface area contributed by atoms with E-state index in [4.69, 9.17) is 4.74 Å². The first-order chi connectivity index (χ1) is 6.53. The van der Waals surface area contributed by atoms with E-state index in [1.807, 2.05) is 0 Å². The first-order valence-electron chi connectivity index (χ1n) is 4.68. The van der Waals surface area contributed by atoms with Crippen molar-refractivity contribution in [3.05, 3.63) is 0 Å². The highest BCUT2D eigenvalue weighted by atomic mass is 16.5. The third-order valence-electron chi connectivity index (χ3n) is 2.44. The van der Waals surface area contributed by atoms with Crippen LogP contribution >= 0.6 is 0 Å². The van der Waals surface area contributed by atoms with Crippen LogP contribution in [0, 0.1) is 0 Å². The van der Waals surface area contributed by atoms with Crippen molar-refractivity contribution in [1.82, 2.24) is 10.2 Å². The summed E-state index contributed by atoms with van der Waals surface area (Å²) in [6.45, 7) is 2.07. The number of nitrogens with one attached hydrogen (secondary N) is 1. The van der Waals surface area contributed by atoms with Gasteiger partial charge >= 0.3 is 5.97 Å². The van der Waals surface area contributed by atoms with E-state index < -0.39 is 5.66 Å². The van der Waals surface area contributed by atoms with E-state index >= 15 is 0 Å². The minimum absolute atomic E-state index is 0.105. The minimum Gasteiger partial charge on any atom is -0.463 e. The maximum atomic E-state index is 11.7. The van der Waals surface area contributed by atoms with Gasteiger partial charge in [0.25, 0.3) is 0 Å². The number of esters is 1. The first-order valence-corrected chi connectivity index (χ1v) is 4.68. The van der Waals surface area contributed by atoms with E-state index in [-0.39, 0.29) is 11.9 Å². The minimum atomic E-state index is -0.951. The third-order valence-corrected chi connectivity index (χ3v) is 2.44. The number of hydrogen-bond donors (Lipinski definition) is 1. The SMILES string of the molecule is CCOC(=O)C1(N(C)C)CCC(=O)N1. The summed E-state index contributed by atoms with van der Waals surface area (Å²) in [6.07, 6.45) is 0.842. The van der Waals surface area contributed by atoms with Gasteiger partial charge in [-0.3, -0.25) is 9.69 Å². The molecule has 1 atom stereocenters. The van der Waals surface area contributed by atoms with E-state index in [0.717, 1.165) is 0 Å². The zero-order valence-corrected chi connectivity index (χ0v) is 8.79. The second-order valence-corrected chi connectivity index (χ2v) is 3.52. The zero-order valence-electron chi connectivity index (χ0n) is 8.79. The molecular formula is C9H16N2O3. The summed E-state index contributed by atoms with van der Waals surface area (Å²) in [5.41, 5.74) is -0.951. The molecule has 0 aliphatic carbocycles. The van der Waals surface area contributed by atoms with Gasteiger partial charge in [0.15, 0.2) is 5.66 Å².